The van der Waals surface area contributed by atoms with E-state index in [4.69, 9.17) is 16.0 Å². The standard InChI is InChI=1S/C8H9BrClNO/c1-6(9)4-11-5-7-2-3-8(10)12-7/h2-3,11H,1,4-5H2. The van der Waals surface area contributed by atoms with Gasteiger partial charge in [0.05, 0.1) is 6.54 Å². The second-order valence-corrected chi connectivity index (χ2v) is 3.82. The van der Waals surface area contributed by atoms with Gasteiger partial charge in [-0.1, -0.05) is 22.5 Å². The third-order valence-corrected chi connectivity index (χ3v) is 1.73. The number of furan rings is 1. The number of hydrogen-bond acceptors (Lipinski definition) is 2. The Morgan fingerprint density at radius 1 is 1.67 bits per heavy atom. The molecule has 0 aliphatic carbocycles. The summed E-state index contributed by atoms with van der Waals surface area (Å²) in [6.07, 6.45) is 0. The Morgan fingerprint density at radius 2 is 2.42 bits per heavy atom. The van der Waals surface area contributed by atoms with E-state index in [-0.39, 0.29) is 0 Å². The van der Waals surface area contributed by atoms with Crippen LogP contribution in [0, 0.1) is 0 Å². The van der Waals surface area contributed by atoms with Crippen molar-refractivity contribution in [2.75, 3.05) is 6.54 Å². The number of halogens is 2. The molecule has 0 amide bonds. The van der Waals surface area contributed by atoms with Crippen LogP contribution >= 0.6 is 27.5 Å². The van der Waals surface area contributed by atoms with E-state index >= 15 is 0 Å². The van der Waals surface area contributed by atoms with Crippen LogP contribution in [0.15, 0.2) is 27.6 Å². The lowest BCUT2D eigenvalue weighted by Crippen LogP contribution is -2.13. The summed E-state index contributed by atoms with van der Waals surface area (Å²) in [6, 6.07) is 3.56. The van der Waals surface area contributed by atoms with Gasteiger partial charge < -0.3 is 9.73 Å². The topological polar surface area (TPSA) is 25.2 Å². The van der Waals surface area contributed by atoms with Crippen LogP contribution in [0.5, 0.6) is 0 Å². The fraction of sp³-hybridized carbons (Fsp3) is 0.250. The minimum absolute atomic E-state index is 0.421. The first-order valence-electron chi connectivity index (χ1n) is 3.46. The monoisotopic (exact) mass is 249 g/mol. The number of nitrogens with one attached hydrogen (secondary N) is 1. The number of rotatable bonds is 4. The molecule has 66 valence electrons. The summed E-state index contributed by atoms with van der Waals surface area (Å²) in [6.45, 7) is 5.07. The van der Waals surface area contributed by atoms with Crippen LogP contribution in [0.3, 0.4) is 0 Å². The maximum Gasteiger partial charge on any atom is 0.193 e. The Labute approximate surface area is 84.7 Å². The minimum atomic E-state index is 0.421. The molecular weight excluding hydrogens is 241 g/mol. The van der Waals surface area contributed by atoms with E-state index in [0.29, 0.717) is 11.8 Å². The van der Waals surface area contributed by atoms with Crippen LogP contribution in [-0.4, -0.2) is 6.54 Å². The zero-order valence-corrected chi connectivity index (χ0v) is 8.78. The second kappa shape index (κ2) is 4.70. The average Bonchev–Trinajstić information content (AvgIpc) is 2.35. The molecule has 4 heteroatoms. The van der Waals surface area contributed by atoms with Crippen LogP contribution in [0.2, 0.25) is 5.22 Å². The van der Waals surface area contributed by atoms with Crippen LogP contribution < -0.4 is 5.32 Å². The lowest BCUT2D eigenvalue weighted by molar-refractivity contribution is 0.492. The second-order valence-electron chi connectivity index (χ2n) is 2.33. The van der Waals surface area contributed by atoms with Gasteiger partial charge in [0.1, 0.15) is 5.76 Å². The molecule has 12 heavy (non-hydrogen) atoms. The summed E-state index contributed by atoms with van der Waals surface area (Å²) in [5, 5.41) is 3.54. The Hall–Kier alpha value is -0.250. The average molecular weight is 251 g/mol. The van der Waals surface area contributed by atoms with Gasteiger partial charge in [0.25, 0.3) is 0 Å². The smallest absolute Gasteiger partial charge is 0.193 e. The molecule has 1 rings (SSSR count). The van der Waals surface area contributed by atoms with E-state index in [1.165, 1.54) is 0 Å². The molecule has 1 aromatic rings. The first-order valence-corrected chi connectivity index (χ1v) is 4.64. The van der Waals surface area contributed by atoms with Gasteiger partial charge in [0, 0.05) is 11.0 Å². The maximum atomic E-state index is 5.58. The number of hydrogen-bond donors (Lipinski definition) is 1. The summed E-state index contributed by atoms with van der Waals surface area (Å²) in [5.74, 6) is 0.828. The van der Waals surface area contributed by atoms with E-state index in [9.17, 15) is 0 Å². The molecule has 1 N–H and O–H groups in total. The summed E-state index contributed by atoms with van der Waals surface area (Å²) >= 11 is 8.82. The van der Waals surface area contributed by atoms with Crippen LogP contribution in [-0.2, 0) is 6.54 Å². The largest absolute Gasteiger partial charge is 0.448 e. The van der Waals surface area contributed by atoms with Crippen molar-refractivity contribution in [1.29, 1.82) is 0 Å². The van der Waals surface area contributed by atoms with Crippen LogP contribution in [0.4, 0.5) is 0 Å². The highest BCUT2D eigenvalue weighted by Gasteiger charge is 1.98. The summed E-state index contributed by atoms with van der Waals surface area (Å²) in [7, 11) is 0. The molecule has 2 nitrogen and oxygen atoms in total. The molecule has 0 fully saturated rings. The van der Waals surface area contributed by atoms with Crippen molar-refractivity contribution in [3.63, 3.8) is 0 Å². The SMILES string of the molecule is C=C(Br)CNCc1ccc(Cl)o1. The predicted octanol–water partition coefficient (Wildman–Crippen LogP) is 2.93. The molecule has 1 heterocycles. The van der Waals surface area contributed by atoms with Crippen molar-refractivity contribution in [2.24, 2.45) is 0 Å². The Morgan fingerprint density at radius 3 is 2.92 bits per heavy atom. The maximum absolute atomic E-state index is 5.58. The fourth-order valence-electron chi connectivity index (χ4n) is 0.768. The Kier molecular flexibility index (Phi) is 3.85. The van der Waals surface area contributed by atoms with Crippen molar-refractivity contribution in [3.05, 3.63) is 34.2 Å². The van der Waals surface area contributed by atoms with E-state index in [1.807, 2.05) is 6.07 Å². The van der Waals surface area contributed by atoms with Gasteiger partial charge in [-0.25, -0.2) is 0 Å². The molecule has 0 saturated heterocycles. The molecule has 0 bridgehead atoms. The van der Waals surface area contributed by atoms with E-state index < -0.39 is 0 Å². The molecule has 0 unspecified atom stereocenters. The summed E-state index contributed by atoms with van der Waals surface area (Å²) in [5.41, 5.74) is 0. The lowest BCUT2D eigenvalue weighted by atomic mass is 10.4. The normalized spacial score (nSPS) is 10.2. The quantitative estimate of drug-likeness (QED) is 0.889. The molecule has 0 spiro atoms. The predicted molar refractivity (Wildman–Crippen MR) is 53.5 cm³/mol. The molecule has 0 aliphatic heterocycles. The van der Waals surface area contributed by atoms with Crippen molar-refractivity contribution in [1.82, 2.24) is 5.32 Å². The molecule has 0 aromatic carbocycles. The van der Waals surface area contributed by atoms with Gasteiger partial charge in [0.2, 0.25) is 0 Å². The summed E-state index contributed by atoms with van der Waals surface area (Å²) < 4.78 is 6.04. The lowest BCUT2D eigenvalue weighted by Gasteiger charge is -1.99. The van der Waals surface area contributed by atoms with Crippen LogP contribution in [0.1, 0.15) is 5.76 Å². The van der Waals surface area contributed by atoms with E-state index in [0.717, 1.165) is 16.8 Å². The minimum Gasteiger partial charge on any atom is -0.448 e. The third-order valence-electron chi connectivity index (χ3n) is 1.24. The van der Waals surface area contributed by atoms with E-state index in [1.54, 1.807) is 6.07 Å². The van der Waals surface area contributed by atoms with Crippen molar-refractivity contribution < 1.29 is 4.42 Å². The van der Waals surface area contributed by atoms with Gasteiger partial charge in [0.15, 0.2) is 5.22 Å². The zero-order chi connectivity index (χ0) is 8.97. The molecule has 0 saturated carbocycles. The third kappa shape index (κ3) is 3.43. The highest BCUT2D eigenvalue weighted by molar-refractivity contribution is 9.11. The molecule has 1 aromatic heterocycles. The van der Waals surface area contributed by atoms with Gasteiger partial charge >= 0.3 is 0 Å². The Balaban J connectivity index is 2.29. The first-order chi connectivity index (χ1) is 5.68. The molecule has 0 aliphatic rings. The van der Waals surface area contributed by atoms with Gasteiger partial charge in [-0.2, -0.15) is 0 Å². The molecule has 0 radical (unpaired) electrons. The van der Waals surface area contributed by atoms with Crippen molar-refractivity contribution in [2.45, 2.75) is 6.54 Å². The zero-order valence-electron chi connectivity index (χ0n) is 6.44. The van der Waals surface area contributed by atoms with Gasteiger partial charge in [-0.05, 0) is 23.7 Å². The summed E-state index contributed by atoms with van der Waals surface area (Å²) in [4.78, 5) is 0. The first kappa shape index (κ1) is 9.84. The highest BCUT2D eigenvalue weighted by Crippen LogP contribution is 2.12. The van der Waals surface area contributed by atoms with E-state index in [2.05, 4.69) is 27.8 Å². The fourth-order valence-corrected chi connectivity index (χ4v) is 1.13. The molecule has 0 atom stereocenters. The van der Waals surface area contributed by atoms with Crippen molar-refractivity contribution in [3.8, 4) is 0 Å². The van der Waals surface area contributed by atoms with Crippen molar-refractivity contribution >= 4 is 27.5 Å². The van der Waals surface area contributed by atoms with Crippen LogP contribution in [0.25, 0.3) is 0 Å². The van der Waals surface area contributed by atoms with Gasteiger partial charge in [-0.3, -0.25) is 0 Å². The Bertz CT molecular complexity index is 272. The van der Waals surface area contributed by atoms with Gasteiger partial charge in [-0.15, -0.1) is 0 Å². The highest BCUT2D eigenvalue weighted by atomic mass is 79.9. The molecular formula is C8H9BrClNO.